The average Bonchev–Trinajstić information content (AvgIpc) is 3.49. The fourth-order valence-electron chi connectivity index (χ4n) is 7.44. The van der Waals surface area contributed by atoms with E-state index in [0.717, 1.165) is 105 Å². The molecule has 0 unspecified atom stereocenters. The van der Waals surface area contributed by atoms with Crippen molar-refractivity contribution in [2.24, 2.45) is 0 Å². The van der Waals surface area contributed by atoms with E-state index in [9.17, 15) is 13.2 Å². The summed E-state index contributed by atoms with van der Waals surface area (Å²) in [5.74, 6) is 6.81. The van der Waals surface area contributed by atoms with Gasteiger partial charge in [0.05, 0.1) is 36.2 Å². The van der Waals surface area contributed by atoms with Crippen molar-refractivity contribution in [1.82, 2.24) is 29.2 Å². The highest BCUT2D eigenvalue weighted by atomic mass is 35.5. The second kappa shape index (κ2) is 14.9. The van der Waals surface area contributed by atoms with Gasteiger partial charge in [-0.25, -0.2) is 8.42 Å². The van der Waals surface area contributed by atoms with E-state index in [-0.39, 0.29) is 11.9 Å². The van der Waals surface area contributed by atoms with Crippen LogP contribution in [0.4, 0.5) is 0 Å². The number of halogens is 1. The van der Waals surface area contributed by atoms with Crippen molar-refractivity contribution in [2.45, 2.75) is 64.2 Å². The van der Waals surface area contributed by atoms with Crippen LogP contribution in [0.25, 0.3) is 11.3 Å². The van der Waals surface area contributed by atoms with Gasteiger partial charge in [-0.05, 0) is 67.5 Å². The molecule has 0 radical (unpaired) electrons. The summed E-state index contributed by atoms with van der Waals surface area (Å²) in [7, 11) is -3.35. The number of fused-ring (bicyclic) bond motifs is 2. The summed E-state index contributed by atoms with van der Waals surface area (Å²) in [6.07, 6.45) is 6.91. The molecule has 4 aliphatic heterocycles. The molecule has 0 bridgehead atoms. The normalized spacial score (nSPS) is 20.3. The zero-order valence-corrected chi connectivity index (χ0v) is 29.8. The third-order valence-electron chi connectivity index (χ3n) is 10.2. The Kier molecular flexibility index (Phi) is 10.4. The van der Waals surface area contributed by atoms with Gasteiger partial charge in [-0.1, -0.05) is 35.6 Å². The molecule has 1 amide bonds. The number of hydrogen-bond donors (Lipinski definition) is 1. The van der Waals surface area contributed by atoms with Crippen LogP contribution in [-0.4, -0.2) is 103 Å². The molecule has 260 valence electrons. The molecule has 49 heavy (non-hydrogen) atoms. The van der Waals surface area contributed by atoms with E-state index < -0.39 is 10.0 Å². The maximum atomic E-state index is 13.1. The second-order valence-electron chi connectivity index (χ2n) is 13.6. The quantitative estimate of drug-likeness (QED) is 0.375. The third-order valence-corrected chi connectivity index (χ3v) is 11.8. The topological polar surface area (TPSA) is 100 Å². The van der Waals surface area contributed by atoms with E-state index in [0.29, 0.717) is 43.1 Å². The molecule has 10 nitrogen and oxygen atoms in total. The van der Waals surface area contributed by atoms with Gasteiger partial charge >= 0.3 is 0 Å². The molecule has 1 atom stereocenters. The number of sulfonamides is 1. The number of nitrogens with one attached hydrogen (secondary N) is 1. The lowest BCUT2D eigenvalue weighted by Crippen LogP contribution is -2.50. The lowest BCUT2D eigenvalue weighted by Gasteiger charge is -2.33. The minimum Gasteiger partial charge on any atom is -0.379 e. The molecule has 2 saturated heterocycles. The van der Waals surface area contributed by atoms with Crippen molar-refractivity contribution < 1.29 is 17.9 Å². The molecule has 4 aliphatic rings. The number of hydrogen-bond acceptors (Lipinski definition) is 7. The largest absolute Gasteiger partial charge is 0.379 e. The molecule has 2 aromatic carbocycles. The Morgan fingerprint density at radius 1 is 1.00 bits per heavy atom. The number of piperidine rings is 1. The molecule has 1 aromatic heterocycles. The summed E-state index contributed by atoms with van der Waals surface area (Å²) in [6, 6.07) is 11.8. The zero-order chi connectivity index (χ0) is 34.0. The van der Waals surface area contributed by atoms with Crippen molar-refractivity contribution in [3.8, 4) is 23.1 Å². The molecule has 5 heterocycles. The number of rotatable bonds is 7. The predicted octanol–water partition coefficient (Wildman–Crippen LogP) is 3.67. The van der Waals surface area contributed by atoms with Crippen molar-refractivity contribution in [3.05, 3.63) is 74.9 Å². The van der Waals surface area contributed by atoms with Crippen molar-refractivity contribution in [1.29, 1.82) is 0 Å². The fourth-order valence-corrected chi connectivity index (χ4v) is 8.40. The number of aryl methyl sites for hydroxylation is 1. The zero-order valence-electron chi connectivity index (χ0n) is 28.2. The lowest BCUT2D eigenvalue weighted by atomic mass is 9.93. The Labute approximate surface area is 294 Å². The minimum absolute atomic E-state index is 0.174. The summed E-state index contributed by atoms with van der Waals surface area (Å²) < 4.78 is 34.2. The molecule has 0 spiro atoms. The van der Waals surface area contributed by atoms with Gasteiger partial charge in [0.1, 0.15) is 0 Å². The molecular formula is C37H45ClN6O4S. The number of likely N-dealkylation sites (tertiary alicyclic amines) is 1. The minimum atomic E-state index is -3.35. The molecule has 0 aliphatic carbocycles. The van der Waals surface area contributed by atoms with Crippen LogP contribution >= 0.6 is 11.6 Å². The van der Waals surface area contributed by atoms with Gasteiger partial charge in [0.15, 0.2) is 0 Å². The monoisotopic (exact) mass is 704 g/mol. The predicted molar refractivity (Wildman–Crippen MR) is 191 cm³/mol. The summed E-state index contributed by atoms with van der Waals surface area (Å²) in [4.78, 5) is 17.5. The lowest BCUT2D eigenvalue weighted by molar-refractivity contribution is -0.134. The van der Waals surface area contributed by atoms with Gasteiger partial charge in [0.25, 0.3) is 0 Å². The first-order chi connectivity index (χ1) is 23.7. The summed E-state index contributed by atoms with van der Waals surface area (Å²) in [6.45, 7) is 8.28. The molecule has 3 aromatic rings. The maximum Gasteiger partial charge on any atom is 0.240 e. The standard InChI is InChI=1S/C37H45ClN6O4S/c1-49(46,47)43-17-12-35-32(26-43)36(40-44(35)16-5-13-41-18-20-48-21-19-41)30-10-11-33(38)29(23-30)9-7-27-6-8-28-24-34(39-25-31(28)22-27)37(45)42-14-3-2-4-15-42/h6,8,10-11,22-23,34,39H,2-5,12-21,24-26H2,1H3/t34-/m0/s1. The Morgan fingerprint density at radius 2 is 1.82 bits per heavy atom. The van der Waals surface area contributed by atoms with Crippen LogP contribution in [0.5, 0.6) is 0 Å². The number of ether oxygens (including phenoxy) is 1. The first kappa shape index (κ1) is 34.2. The van der Waals surface area contributed by atoms with Crippen LogP contribution in [0, 0.1) is 11.8 Å². The van der Waals surface area contributed by atoms with Gasteiger partial charge < -0.3 is 15.0 Å². The SMILES string of the molecule is CS(=O)(=O)N1CCc2c(c(-c3ccc(Cl)c(C#Cc4ccc5c(c4)CN[C@H](C(=O)N4CCCCC4)C5)c3)nn2CCCN2CCOCC2)C1. The maximum absolute atomic E-state index is 13.1. The summed E-state index contributed by atoms with van der Waals surface area (Å²) in [5, 5.41) is 9.08. The van der Waals surface area contributed by atoms with Crippen LogP contribution < -0.4 is 5.32 Å². The summed E-state index contributed by atoms with van der Waals surface area (Å²) >= 11 is 6.67. The number of aromatic nitrogens is 2. The molecular weight excluding hydrogens is 660 g/mol. The van der Waals surface area contributed by atoms with E-state index >= 15 is 0 Å². The molecule has 0 saturated carbocycles. The van der Waals surface area contributed by atoms with Gasteiger partial charge in [0.2, 0.25) is 15.9 Å². The fraction of sp³-hybridized carbons (Fsp3) is 0.514. The van der Waals surface area contributed by atoms with E-state index in [1.54, 1.807) is 0 Å². The molecule has 2 fully saturated rings. The van der Waals surface area contributed by atoms with Crippen LogP contribution in [0.15, 0.2) is 36.4 Å². The van der Waals surface area contributed by atoms with Crippen molar-refractivity contribution in [3.63, 3.8) is 0 Å². The first-order valence-electron chi connectivity index (χ1n) is 17.5. The second-order valence-corrected chi connectivity index (χ2v) is 16.0. The highest BCUT2D eigenvalue weighted by Crippen LogP contribution is 2.33. The molecule has 1 N–H and O–H groups in total. The number of morpholine rings is 1. The van der Waals surface area contributed by atoms with E-state index in [4.69, 9.17) is 21.4 Å². The van der Waals surface area contributed by atoms with E-state index in [2.05, 4.69) is 38.9 Å². The Bertz CT molecular complexity index is 1870. The number of benzene rings is 2. The number of carbonyl (C=O) groups excluding carboxylic acids is 1. The van der Waals surface area contributed by atoms with Gasteiger partial charge in [-0.15, -0.1) is 0 Å². The summed E-state index contributed by atoms with van der Waals surface area (Å²) in [5.41, 5.74) is 7.62. The van der Waals surface area contributed by atoms with Crippen molar-refractivity contribution in [2.75, 3.05) is 58.7 Å². The highest BCUT2D eigenvalue weighted by molar-refractivity contribution is 7.88. The van der Waals surface area contributed by atoms with Crippen LogP contribution in [-0.2, 0) is 52.0 Å². The van der Waals surface area contributed by atoms with Crippen LogP contribution in [0.3, 0.4) is 0 Å². The van der Waals surface area contributed by atoms with E-state index in [1.165, 1.54) is 22.5 Å². The van der Waals surface area contributed by atoms with Gasteiger partial charge in [-0.2, -0.15) is 9.40 Å². The number of amides is 1. The molecule has 12 heteroatoms. The molecule has 7 rings (SSSR count). The Balaban J connectivity index is 1.10. The Morgan fingerprint density at radius 3 is 2.61 bits per heavy atom. The van der Waals surface area contributed by atoms with Crippen LogP contribution in [0.1, 0.15) is 59.2 Å². The van der Waals surface area contributed by atoms with Crippen LogP contribution in [0.2, 0.25) is 5.02 Å². The van der Waals surface area contributed by atoms with Gasteiger partial charge in [0, 0.05) is 93.3 Å². The van der Waals surface area contributed by atoms with E-state index in [1.807, 2.05) is 29.2 Å². The smallest absolute Gasteiger partial charge is 0.240 e. The average molecular weight is 705 g/mol. The Hall–Kier alpha value is -3.24. The van der Waals surface area contributed by atoms with Gasteiger partial charge in [-0.3, -0.25) is 14.4 Å². The third kappa shape index (κ3) is 7.90. The van der Waals surface area contributed by atoms with Crippen molar-refractivity contribution >= 4 is 27.5 Å². The first-order valence-corrected chi connectivity index (χ1v) is 19.8. The highest BCUT2D eigenvalue weighted by Gasteiger charge is 2.31. The number of carbonyl (C=O) groups is 1. The number of nitrogens with zero attached hydrogens (tertiary/aromatic N) is 5.